The van der Waals surface area contributed by atoms with Crippen LogP contribution in [0.2, 0.25) is 0 Å². The number of ether oxygens (including phenoxy) is 1. The molecule has 1 aromatic rings. The van der Waals surface area contributed by atoms with E-state index < -0.39 is 0 Å². The second-order valence-corrected chi connectivity index (χ2v) is 4.27. The number of aromatic nitrogens is 3. The van der Waals surface area contributed by atoms with E-state index in [0.29, 0.717) is 5.92 Å². The van der Waals surface area contributed by atoms with Crippen molar-refractivity contribution in [3.63, 3.8) is 0 Å². The van der Waals surface area contributed by atoms with Crippen LogP contribution in [0.4, 0.5) is 0 Å². The standard InChI is InChI=1S/C10H16N4O/c1-2-7(3-1)9-12-10(14-13-9)8-6-11-4-5-15-8/h7-8,11H,1-6H2,(H,12,13,14). The van der Waals surface area contributed by atoms with Crippen LogP contribution in [0.1, 0.15) is 42.9 Å². The number of nitrogens with zero attached hydrogens (tertiary/aromatic N) is 2. The van der Waals surface area contributed by atoms with Crippen LogP contribution in [0.25, 0.3) is 0 Å². The number of aromatic amines is 1. The van der Waals surface area contributed by atoms with Crippen LogP contribution in [0.5, 0.6) is 0 Å². The lowest BCUT2D eigenvalue weighted by Gasteiger charge is -2.22. The van der Waals surface area contributed by atoms with Gasteiger partial charge in [-0.15, -0.1) is 0 Å². The minimum Gasteiger partial charge on any atom is -0.368 e. The maximum Gasteiger partial charge on any atom is 0.155 e. The largest absolute Gasteiger partial charge is 0.368 e. The zero-order valence-corrected chi connectivity index (χ0v) is 8.70. The summed E-state index contributed by atoms with van der Waals surface area (Å²) < 4.78 is 5.61. The summed E-state index contributed by atoms with van der Waals surface area (Å²) >= 11 is 0. The van der Waals surface area contributed by atoms with Gasteiger partial charge in [-0.2, -0.15) is 5.10 Å². The van der Waals surface area contributed by atoms with Gasteiger partial charge >= 0.3 is 0 Å². The van der Waals surface area contributed by atoms with E-state index in [4.69, 9.17) is 4.74 Å². The average Bonchev–Trinajstić information content (AvgIpc) is 2.66. The number of hydrogen-bond donors (Lipinski definition) is 2. The molecule has 1 saturated carbocycles. The first-order valence-electron chi connectivity index (χ1n) is 5.68. The zero-order valence-electron chi connectivity index (χ0n) is 8.70. The minimum atomic E-state index is 0.0556. The molecule has 3 rings (SSSR count). The first-order chi connectivity index (χ1) is 7.43. The van der Waals surface area contributed by atoms with Gasteiger partial charge in [-0.1, -0.05) is 6.42 Å². The normalized spacial score (nSPS) is 27.6. The van der Waals surface area contributed by atoms with E-state index >= 15 is 0 Å². The molecule has 0 spiro atoms. The molecular weight excluding hydrogens is 192 g/mol. The molecule has 0 aromatic carbocycles. The van der Waals surface area contributed by atoms with Gasteiger partial charge in [-0.25, -0.2) is 4.98 Å². The number of morpholine rings is 1. The van der Waals surface area contributed by atoms with E-state index in [-0.39, 0.29) is 6.10 Å². The zero-order chi connectivity index (χ0) is 10.1. The third-order valence-electron chi connectivity index (χ3n) is 3.22. The number of rotatable bonds is 2. The molecule has 2 fully saturated rings. The van der Waals surface area contributed by atoms with E-state index in [2.05, 4.69) is 20.5 Å². The Bertz CT molecular complexity index is 328. The van der Waals surface area contributed by atoms with E-state index in [1.165, 1.54) is 19.3 Å². The van der Waals surface area contributed by atoms with Gasteiger partial charge in [0.25, 0.3) is 0 Å². The van der Waals surface area contributed by atoms with Crippen molar-refractivity contribution >= 4 is 0 Å². The molecule has 5 heteroatoms. The topological polar surface area (TPSA) is 62.8 Å². The Kier molecular flexibility index (Phi) is 2.42. The third-order valence-corrected chi connectivity index (χ3v) is 3.22. The van der Waals surface area contributed by atoms with Gasteiger partial charge in [-0.3, -0.25) is 5.10 Å². The Morgan fingerprint density at radius 3 is 2.93 bits per heavy atom. The molecule has 2 heterocycles. The summed E-state index contributed by atoms with van der Waals surface area (Å²) in [6.07, 6.45) is 3.85. The lowest BCUT2D eigenvalue weighted by atomic mass is 9.85. The molecule has 1 aromatic heterocycles. The molecule has 15 heavy (non-hydrogen) atoms. The van der Waals surface area contributed by atoms with Crippen LogP contribution in [0.3, 0.4) is 0 Å². The van der Waals surface area contributed by atoms with Crippen LogP contribution < -0.4 is 5.32 Å². The van der Waals surface area contributed by atoms with Crippen LogP contribution >= 0.6 is 0 Å². The number of H-pyrrole nitrogens is 1. The fourth-order valence-electron chi connectivity index (χ4n) is 2.02. The van der Waals surface area contributed by atoms with E-state index in [1.807, 2.05) is 0 Å². The van der Waals surface area contributed by atoms with Crippen molar-refractivity contribution in [3.8, 4) is 0 Å². The van der Waals surface area contributed by atoms with Crippen LogP contribution in [0, 0.1) is 0 Å². The molecule has 0 amide bonds. The molecule has 1 unspecified atom stereocenters. The third kappa shape index (κ3) is 1.77. The van der Waals surface area contributed by atoms with Crippen molar-refractivity contribution in [1.29, 1.82) is 0 Å². The fraction of sp³-hybridized carbons (Fsp3) is 0.800. The van der Waals surface area contributed by atoms with Crippen molar-refractivity contribution in [1.82, 2.24) is 20.5 Å². The minimum absolute atomic E-state index is 0.0556. The Balaban J connectivity index is 1.71. The van der Waals surface area contributed by atoms with Crippen molar-refractivity contribution in [2.24, 2.45) is 0 Å². The first-order valence-corrected chi connectivity index (χ1v) is 5.68. The highest BCUT2D eigenvalue weighted by molar-refractivity contribution is 5.03. The smallest absolute Gasteiger partial charge is 0.155 e. The monoisotopic (exact) mass is 208 g/mol. The Morgan fingerprint density at radius 1 is 1.33 bits per heavy atom. The van der Waals surface area contributed by atoms with Gasteiger partial charge in [0, 0.05) is 19.0 Å². The summed E-state index contributed by atoms with van der Waals surface area (Å²) in [6, 6.07) is 0. The SMILES string of the molecule is C1CC(c2n[nH]c(C3CNCCO3)n2)C1. The summed E-state index contributed by atoms with van der Waals surface area (Å²) in [5, 5.41) is 10.6. The maximum absolute atomic E-state index is 5.61. The molecule has 1 saturated heterocycles. The van der Waals surface area contributed by atoms with E-state index in [9.17, 15) is 0 Å². The van der Waals surface area contributed by atoms with Gasteiger partial charge < -0.3 is 10.1 Å². The van der Waals surface area contributed by atoms with Crippen molar-refractivity contribution in [2.45, 2.75) is 31.3 Å². The second kappa shape index (κ2) is 3.90. The maximum atomic E-state index is 5.61. The highest BCUT2D eigenvalue weighted by Crippen LogP contribution is 2.34. The van der Waals surface area contributed by atoms with E-state index in [1.54, 1.807) is 0 Å². The quantitative estimate of drug-likeness (QED) is 0.752. The molecule has 1 aliphatic heterocycles. The van der Waals surface area contributed by atoms with Crippen molar-refractivity contribution < 1.29 is 4.74 Å². The molecule has 0 bridgehead atoms. The lowest BCUT2D eigenvalue weighted by molar-refractivity contribution is 0.0223. The van der Waals surface area contributed by atoms with Gasteiger partial charge in [0.2, 0.25) is 0 Å². The van der Waals surface area contributed by atoms with Crippen molar-refractivity contribution in [2.75, 3.05) is 19.7 Å². The predicted octanol–water partition coefficient (Wildman–Crippen LogP) is 0.733. The lowest BCUT2D eigenvalue weighted by Crippen LogP contribution is -2.33. The summed E-state index contributed by atoms with van der Waals surface area (Å²) in [5.41, 5.74) is 0. The van der Waals surface area contributed by atoms with E-state index in [0.717, 1.165) is 31.3 Å². The highest BCUT2D eigenvalue weighted by Gasteiger charge is 2.26. The summed E-state index contributed by atoms with van der Waals surface area (Å²) in [7, 11) is 0. The molecule has 2 aliphatic rings. The first kappa shape index (κ1) is 9.30. The number of hydrogen-bond acceptors (Lipinski definition) is 4. The molecule has 82 valence electrons. The molecule has 0 radical (unpaired) electrons. The molecule has 1 atom stereocenters. The van der Waals surface area contributed by atoms with Gasteiger partial charge in [-0.05, 0) is 12.8 Å². The Hall–Kier alpha value is -0.940. The van der Waals surface area contributed by atoms with Gasteiger partial charge in [0.1, 0.15) is 6.10 Å². The van der Waals surface area contributed by atoms with Gasteiger partial charge in [0.15, 0.2) is 11.6 Å². The Labute approximate surface area is 88.6 Å². The van der Waals surface area contributed by atoms with Crippen LogP contribution in [0.15, 0.2) is 0 Å². The highest BCUT2D eigenvalue weighted by atomic mass is 16.5. The fourth-order valence-corrected chi connectivity index (χ4v) is 2.02. The molecule has 2 N–H and O–H groups in total. The summed E-state index contributed by atoms with van der Waals surface area (Å²) in [5.74, 6) is 2.45. The predicted molar refractivity (Wildman–Crippen MR) is 54.5 cm³/mol. The van der Waals surface area contributed by atoms with Crippen molar-refractivity contribution in [3.05, 3.63) is 11.6 Å². The average molecular weight is 208 g/mol. The molecule has 5 nitrogen and oxygen atoms in total. The number of nitrogens with one attached hydrogen (secondary N) is 2. The second-order valence-electron chi connectivity index (χ2n) is 4.27. The molecular formula is C10H16N4O. The van der Waals surface area contributed by atoms with Gasteiger partial charge in [0.05, 0.1) is 6.61 Å². The summed E-state index contributed by atoms with van der Waals surface area (Å²) in [6.45, 7) is 2.52. The Morgan fingerprint density at radius 2 is 2.27 bits per heavy atom. The molecule has 1 aliphatic carbocycles. The summed E-state index contributed by atoms with van der Waals surface area (Å²) in [4.78, 5) is 4.52. The van der Waals surface area contributed by atoms with Crippen LogP contribution in [-0.4, -0.2) is 34.9 Å². The van der Waals surface area contributed by atoms with Crippen LogP contribution in [-0.2, 0) is 4.74 Å².